The predicted octanol–water partition coefficient (Wildman–Crippen LogP) is 2.26. The second kappa shape index (κ2) is 9.22. The molecule has 9 heteroatoms. The molecule has 0 aliphatic carbocycles. The van der Waals surface area contributed by atoms with E-state index in [-0.39, 0.29) is 12.6 Å². The first kappa shape index (κ1) is 19.0. The van der Waals surface area contributed by atoms with Crippen LogP contribution in [0.3, 0.4) is 0 Å². The van der Waals surface area contributed by atoms with Gasteiger partial charge < -0.3 is 29.5 Å². The maximum absolute atomic E-state index is 12.0. The second-order valence-corrected chi connectivity index (χ2v) is 6.58. The van der Waals surface area contributed by atoms with Crippen LogP contribution in [0.15, 0.2) is 28.8 Å². The Kier molecular flexibility index (Phi) is 6.48. The van der Waals surface area contributed by atoms with Gasteiger partial charge in [0.2, 0.25) is 5.89 Å². The lowest BCUT2D eigenvalue weighted by molar-refractivity contribution is 0.0497. The Hall–Kier alpha value is -2.81. The molecule has 9 nitrogen and oxygen atoms in total. The van der Waals surface area contributed by atoms with Crippen LogP contribution in [0.5, 0.6) is 5.75 Å². The van der Waals surface area contributed by atoms with Crippen molar-refractivity contribution in [3.05, 3.63) is 30.2 Å². The molecule has 0 saturated carbocycles. The highest BCUT2D eigenvalue weighted by molar-refractivity contribution is 5.89. The zero-order valence-corrected chi connectivity index (χ0v) is 15.6. The number of amides is 2. The van der Waals surface area contributed by atoms with Crippen molar-refractivity contribution in [2.24, 2.45) is 5.92 Å². The van der Waals surface area contributed by atoms with Gasteiger partial charge in [-0.3, -0.25) is 0 Å². The SMILES string of the molecule is CN(C)c1noc(CNC(=O)Nc2ccc(OCC3CCOCC3)cc2)n1. The van der Waals surface area contributed by atoms with Gasteiger partial charge in [-0.25, -0.2) is 4.79 Å². The van der Waals surface area contributed by atoms with E-state index in [4.69, 9.17) is 14.0 Å². The Bertz CT molecular complexity index is 726. The van der Waals surface area contributed by atoms with E-state index >= 15 is 0 Å². The van der Waals surface area contributed by atoms with Gasteiger partial charge in [0.1, 0.15) is 5.75 Å². The number of nitrogens with one attached hydrogen (secondary N) is 2. The molecule has 146 valence electrons. The number of carbonyl (C=O) groups excluding carboxylic acids is 1. The van der Waals surface area contributed by atoms with Crippen molar-refractivity contribution in [2.45, 2.75) is 19.4 Å². The molecule has 1 saturated heterocycles. The molecular formula is C18H25N5O4. The van der Waals surface area contributed by atoms with Crippen molar-refractivity contribution in [1.82, 2.24) is 15.5 Å². The molecule has 0 unspecified atom stereocenters. The molecule has 1 aromatic heterocycles. The summed E-state index contributed by atoms with van der Waals surface area (Å²) in [6.07, 6.45) is 2.08. The Morgan fingerprint density at radius 2 is 2.00 bits per heavy atom. The summed E-state index contributed by atoms with van der Waals surface area (Å²) in [5.41, 5.74) is 0.672. The van der Waals surface area contributed by atoms with Gasteiger partial charge in [-0.15, -0.1) is 0 Å². The van der Waals surface area contributed by atoms with Crippen molar-refractivity contribution in [3.8, 4) is 5.75 Å². The summed E-state index contributed by atoms with van der Waals surface area (Å²) in [5, 5.41) is 9.21. The molecule has 1 aliphatic heterocycles. The minimum atomic E-state index is -0.351. The van der Waals surface area contributed by atoms with Crippen LogP contribution in [-0.2, 0) is 11.3 Å². The number of aromatic nitrogens is 2. The third-order valence-electron chi connectivity index (χ3n) is 4.20. The zero-order chi connectivity index (χ0) is 19.1. The normalized spacial score (nSPS) is 14.6. The number of urea groups is 1. The van der Waals surface area contributed by atoms with Gasteiger partial charge in [0, 0.05) is 33.0 Å². The minimum Gasteiger partial charge on any atom is -0.493 e. The molecular weight excluding hydrogens is 350 g/mol. The van der Waals surface area contributed by atoms with Gasteiger partial charge in [-0.05, 0) is 48.2 Å². The number of ether oxygens (including phenoxy) is 2. The first-order valence-corrected chi connectivity index (χ1v) is 8.95. The number of benzene rings is 1. The average molecular weight is 375 g/mol. The van der Waals surface area contributed by atoms with Crippen LogP contribution >= 0.6 is 0 Å². The molecule has 1 aliphatic rings. The van der Waals surface area contributed by atoms with Crippen molar-refractivity contribution < 1.29 is 18.8 Å². The number of carbonyl (C=O) groups is 1. The van der Waals surface area contributed by atoms with Crippen LogP contribution in [0.4, 0.5) is 16.4 Å². The van der Waals surface area contributed by atoms with Crippen LogP contribution in [-0.4, -0.2) is 50.1 Å². The van der Waals surface area contributed by atoms with E-state index in [1.54, 1.807) is 17.0 Å². The summed E-state index contributed by atoms with van der Waals surface area (Å²) in [5.74, 6) is 2.13. The summed E-state index contributed by atoms with van der Waals surface area (Å²) < 4.78 is 16.2. The molecule has 2 heterocycles. The number of hydrogen-bond acceptors (Lipinski definition) is 7. The zero-order valence-electron chi connectivity index (χ0n) is 15.6. The third kappa shape index (κ3) is 5.85. The molecule has 3 rings (SSSR count). The second-order valence-electron chi connectivity index (χ2n) is 6.58. The fraction of sp³-hybridized carbons (Fsp3) is 0.500. The lowest BCUT2D eigenvalue weighted by Crippen LogP contribution is -2.28. The van der Waals surface area contributed by atoms with E-state index < -0.39 is 0 Å². The average Bonchev–Trinajstić information content (AvgIpc) is 3.16. The monoisotopic (exact) mass is 375 g/mol. The summed E-state index contributed by atoms with van der Waals surface area (Å²) in [6, 6.07) is 6.94. The van der Waals surface area contributed by atoms with E-state index in [2.05, 4.69) is 20.8 Å². The van der Waals surface area contributed by atoms with Gasteiger partial charge in [-0.1, -0.05) is 0 Å². The molecule has 2 N–H and O–H groups in total. The Morgan fingerprint density at radius 3 is 2.67 bits per heavy atom. The number of nitrogens with zero attached hydrogens (tertiary/aromatic N) is 3. The van der Waals surface area contributed by atoms with Crippen molar-refractivity contribution in [3.63, 3.8) is 0 Å². The van der Waals surface area contributed by atoms with Crippen LogP contribution < -0.4 is 20.3 Å². The smallest absolute Gasteiger partial charge is 0.319 e. The summed E-state index contributed by atoms with van der Waals surface area (Å²) in [4.78, 5) is 17.8. The highest BCUT2D eigenvalue weighted by Gasteiger charge is 2.14. The van der Waals surface area contributed by atoms with E-state index in [0.29, 0.717) is 30.1 Å². The highest BCUT2D eigenvalue weighted by Crippen LogP contribution is 2.19. The Balaban J connectivity index is 1.41. The first-order chi connectivity index (χ1) is 13.1. The predicted molar refractivity (Wildman–Crippen MR) is 100.0 cm³/mol. The molecule has 1 fully saturated rings. The van der Waals surface area contributed by atoms with Gasteiger partial charge in [0.15, 0.2) is 0 Å². The van der Waals surface area contributed by atoms with Gasteiger partial charge in [0.05, 0.1) is 13.2 Å². The molecule has 0 bridgehead atoms. The summed E-state index contributed by atoms with van der Waals surface area (Å²) >= 11 is 0. The summed E-state index contributed by atoms with van der Waals surface area (Å²) in [6.45, 7) is 2.47. The molecule has 0 radical (unpaired) electrons. The molecule has 2 aromatic rings. The van der Waals surface area contributed by atoms with E-state index in [0.717, 1.165) is 31.8 Å². The Labute approximate surface area is 158 Å². The van der Waals surface area contributed by atoms with Gasteiger partial charge in [0.25, 0.3) is 5.95 Å². The fourth-order valence-electron chi connectivity index (χ4n) is 2.59. The standard InChI is InChI=1S/C18H25N5O4/c1-23(2)17-21-16(27-22-17)11-19-18(24)20-14-3-5-15(6-4-14)26-12-13-7-9-25-10-8-13/h3-6,13H,7-12H2,1-2H3,(H2,19,20,24). The number of rotatable bonds is 7. The molecule has 2 amide bonds. The largest absolute Gasteiger partial charge is 0.493 e. The van der Waals surface area contributed by atoms with Crippen LogP contribution in [0, 0.1) is 5.92 Å². The molecule has 0 spiro atoms. The topological polar surface area (TPSA) is 102 Å². The van der Waals surface area contributed by atoms with Gasteiger partial charge >= 0.3 is 6.03 Å². The molecule has 1 aromatic carbocycles. The van der Waals surface area contributed by atoms with E-state index in [9.17, 15) is 4.79 Å². The van der Waals surface area contributed by atoms with Crippen LogP contribution in [0.25, 0.3) is 0 Å². The van der Waals surface area contributed by atoms with E-state index in [1.165, 1.54) is 0 Å². The van der Waals surface area contributed by atoms with Crippen molar-refractivity contribution in [2.75, 3.05) is 44.1 Å². The maximum atomic E-state index is 12.0. The number of hydrogen-bond donors (Lipinski definition) is 2. The fourth-order valence-corrected chi connectivity index (χ4v) is 2.59. The first-order valence-electron chi connectivity index (χ1n) is 8.95. The quantitative estimate of drug-likeness (QED) is 0.765. The maximum Gasteiger partial charge on any atom is 0.319 e. The van der Waals surface area contributed by atoms with E-state index in [1.807, 2.05) is 26.2 Å². The Morgan fingerprint density at radius 1 is 1.26 bits per heavy atom. The lowest BCUT2D eigenvalue weighted by Gasteiger charge is -2.22. The highest BCUT2D eigenvalue weighted by atomic mass is 16.5. The van der Waals surface area contributed by atoms with Gasteiger partial charge in [-0.2, -0.15) is 4.98 Å². The summed E-state index contributed by atoms with van der Waals surface area (Å²) in [7, 11) is 3.62. The minimum absolute atomic E-state index is 0.152. The third-order valence-corrected chi connectivity index (χ3v) is 4.20. The van der Waals surface area contributed by atoms with Crippen LogP contribution in [0.1, 0.15) is 18.7 Å². The number of anilines is 2. The van der Waals surface area contributed by atoms with Crippen molar-refractivity contribution >= 4 is 17.7 Å². The lowest BCUT2D eigenvalue weighted by atomic mass is 10.0. The molecule has 27 heavy (non-hydrogen) atoms. The van der Waals surface area contributed by atoms with Crippen molar-refractivity contribution in [1.29, 1.82) is 0 Å². The van der Waals surface area contributed by atoms with Crippen LogP contribution in [0.2, 0.25) is 0 Å². The molecule has 0 atom stereocenters.